The van der Waals surface area contributed by atoms with Crippen molar-refractivity contribution < 1.29 is 5.11 Å². The molecule has 2 unspecified atom stereocenters. The van der Waals surface area contributed by atoms with Crippen molar-refractivity contribution in [2.24, 2.45) is 0 Å². The summed E-state index contributed by atoms with van der Waals surface area (Å²) in [5, 5.41) is 12.9. The number of hydrogen-bond donors (Lipinski definition) is 3. The van der Waals surface area contributed by atoms with Crippen LogP contribution >= 0.6 is 0 Å². The Balaban J connectivity index is 2.01. The van der Waals surface area contributed by atoms with Crippen molar-refractivity contribution in [3.8, 4) is 0 Å². The van der Waals surface area contributed by atoms with Crippen LogP contribution < -0.4 is 11.1 Å². The molecular formula is C10H16N4O. The number of aromatic nitrogens is 2. The molecule has 1 aromatic rings. The van der Waals surface area contributed by atoms with Gasteiger partial charge >= 0.3 is 0 Å². The maximum atomic E-state index is 9.75. The van der Waals surface area contributed by atoms with E-state index >= 15 is 0 Å². The maximum absolute atomic E-state index is 9.75. The topological polar surface area (TPSA) is 84.1 Å². The smallest absolute Gasteiger partial charge is 0.224 e. The van der Waals surface area contributed by atoms with Gasteiger partial charge in [0.05, 0.1) is 12.1 Å². The molecule has 1 heterocycles. The Labute approximate surface area is 88.7 Å². The van der Waals surface area contributed by atoms with Gasteiger partial charge in [-0.2, -0.15) is 4.98 Å². The summed E-state index contributed by atoms with van der Waals surface area (Å²) in [6.45, 7) is 0. The van der Waals surface area contributed by atoms with Crippen LogP contribution in [0.4, 0.5) is 11.8 Å². The fourth-order valence-corrected chi connectivity index (χ4v) is 1.89. The highest BCUT2D eigenvalue weighted by atomic mass is 16.3. The van der Waals surface area contributed by atoms with Gasteiger partial charge in [-0.3, -0.25) is 0 Å². The van der Waals surface area contributed by atoms with Gasteiger partial charge in [0.15, 0.2) is 0 Å². The van der Waals surface area contributed by atoms with E-state index < -0.39 is 0 Å². The monoisotopic (exact) mass is 208 g/mol. The van der Waals surface area contributed by atoms with Gasteiger partial charge in [0.25, 0.3) is 0 Å². The predicted molar refractivity (Wildman–Crippen MR) is 58.3 cm³/mol. The Kier molecular flexibility index (Phi) is 3.01. The van der Waals surface area contributed by atoms with Crippen LogP contribution in [0.5, 0.6) is 0 Å². The van der Waals surface area contributed by atoms with Gasteiger partial charge in [-0.25, -0.2) is 4.98 Å². The predicted octanol–water partition coefficient (Wildman–Crippen LogP) is 0.774. The number of aliphatic hydroxyl groups is 1. The van der Waals surface area contributed by atoms with E-state index in [1.54, 1.807) is 12.3 Å². The van der Waals surface area contributed by atoms with Gasteiger partial charge in [0, 0.05) is 6.20 Å². The second-order valence-electron chi connectivity index (χ2n) is 3.91. The number of aliphatic hydroxyl groups excluding tert-OH is 1. The van der Waals surface area contributed by atoms with Crippen molar-refractivity contribution in [2.75, 3.05) is 11.1 Å². The van der Waals surface area contributed by atoms with E-state index in [1.165, 1.54) is 0 Å². The second kappa shape index (κ2) is 4.44. The van der Waals surface area contributed by atoms with Gasteiger partial charge in [0.2, 0.25) is 5.95 Å². The Morgan fingerprint density at radius 3 is 2.93 bits per heavy atom. The van der Waals surface area contributed by atoms with E-state index in [4.69, 9.17) is 5.73 Å². The summed E-state index contributed by atoms with van der Waals surface area (Å²) < 4.78 is 0. The van der Waals surface area contributed by atoms with Crippen LogP contribution in [-0.2, 0) is 0 Å². The normalized spacial score (nSPS) is 26.2. The molecule has 5 nitrogen and oxygen atoms in total. The second-order valence-corrected chi connectivity index (χ2v) is 3.91. The molecule has 5 heteroatoms. The SMILES string of the molecule is Nc1ccnc(NC2CCCCC2O)n1. The summed E-state index contributed by atoms with van der Waals surface area (Å²) in [5.41, 5.74) is 5.54. The lowest BCUT2D eigenvalue weighted by molar-refractivity contribution is 0.116. The zero-order valence-electron chi connectivity index (χ0n) is 8.56. The largest absolute Gasteiger partial charge is 0.391 e. The molecule has 0 spiro atoms. The number of nitrogens with one attached hydrogen (secondary N) is 1. The molecule has 0 amide bonds. The van der Waals surface area contributed by atoms with Crippen molar-refractivity contribution in [1.82, 2.24) is 9.97 Å². The molecule has 2 atom stereocenters. The van der Waals surface area contributed by atoms with Crippen LogP contribution in [-0.4, -0.2) is 27.2 Å². The zero-order chi connectivity index (χ0) is 10.7. The first-order chi connectivity index (χ1) is 7.25. The van der Waals surface area contributed by atoms with Crippen LogP contribution in [0.3, 0.4) is 0 Å². The number of rotatable bonds is 2. The molecule has 1 aliphatic rings. The summed E-state index contributed by atoms with van der Waals surface area (Å²) in [5.74, 6) is 0.943. The average Bonchev–Trinajstić information content (AvgIpc) is 2.22. The molecule has 0 radical (unpaired) electrons. The molecule has 2 rings (SSSR count). The molecule has 4 N–H and O–H groups in total. The number of nitrogens with two attached hydrogens (primary N) is 1. The molecule has 0 bridgehead atoms. The molecule has 15 heavy (non-hydrogen) atoms. The summed E-state index contributed by atoms with van der Waals surface area (Å²) in [6.07, 6.45) is 5.34. The van der Waals surface area contributed by atoms with Gasteiger partial charge < -0.3 is 16.2 Å². The van der Waals surface area contributed by atoms with Crippen LogP contribution in [0.25, 0.3) is 0 Å². The third kappa shape index (κ3) is 2.56. The van der Waals surface area contributed by atoms with Crippen LogP contribution in [0, 0.1) is 0 Å². The summed E-state index contributed by atoms with van der Waals surface area (Å²) in [4.78, 5) is 8.10. The van der Waals surface area contributed by atoms with Crippen LogP contribution in [0.15, 0.2) is 12.3 Å². The summed E-state index contributed by atoms with van der Waals surface area (Å²) in [6, 6.07) is 1.70. The lowest BCUT2D eigenvalue weighted by atomic mass is 9.93. The number of nitrogen functional groups attached to an aromatic ring is 1. The number of nitrogens with zero attached hydrogens (tertiary/aromatic N) is 2. The number of hydrogen-bond acceptors (Lipinski definition) is 5. The minimum atomic E-state index is -0.302. The average molecular weight is 208 g/mol. The van der Waals surface area contributed by atoms with Crippen molar-refractivity contribution in [2.45, 2.75) is 37.8 Å². The molecular weight excluding hydrogens is 192 g/mol. The maximum Gasteiger partial charge on any atom is 0.224 e. The third-order valence-corrected chi connectivity index (χ3v) is 2.72. The van der Waals surface area contributed by atoms with Crippen molar-refractivity contribution in [3.05, 3.63) is 12.3 Å². The highest BCUT2D eigenvalue weighted by molar-refractivity contribution is 5.36. The molecule has 1 aliphatic carbocycles. The molecule has 0 aliphatic heterocycles. The first-order valence-corrected chi connectivity index (χ1v) is 5.29. The van der Waals surface area contributed by atoms with Gasteiger partial charge in [-0.15, -0.1) is 0 Å². The highest BCUT2D eigenvalue weighted by Crippen LogP contribution is 2.20. The van der Waals surface area contributed by atoms with Crippen LogP contribution in [0.1, 0.15) is 25.7 Å². The third-order valence-electron chi connectivity index (χ3n) is 2.72. The Bertz CT molecular complexity index is 331. The molecule has 1 saturated carbocycles. The Morgan fingerprint density at radius 2 is 2.20 bits per heavy atom. The van der Waals surface area contributed by atoms with Gasteiger partial charge in [-0.05, 0) is 18.9 Å². The molecule has 82 valence electrons. The fraction of sp³-hybridized carbons (Fsp3) is 0.600. The van der Waals surface area contributed by atoms with E-state index in [2.05, 4.69) is 15.3 Å². The van der Waals surface area contributed by atoms with Crippen molar-refractivity contribution >= 4 is 11.8 Å². The molecule has 0 aromatic carbocycles. The Hall–Kier alpha value is -1.36. The van der Waals surface area contributed by atoms with Gasteiger partial charge in [-0.1, -0.05) is 12.8 Å². The van der Waals surface area contributed by atoms with E-state index in [9.17, 15) is 5.11 Å². The van der Waals surface area contributed by atoms with E-state index in [1.807, 2.05) is 0 Å². The van der Waals surface area contributed by atoms with Crippen LogP contribution in [0.2, 0.25) is 0 Å². The zero-order valence-corrected chi connectivity index (χ0v) is 8.56. The lowest BCUT2D eigenvalue weighted by Crippen LogP contribution is -2.36. The Morgan fingerprint density at radius 1 is 1.40 bits per heavy atom. The molecule has 1 fully saturated rings. The van der Waals surface area contributed by atoms with E-state index in [-0.39, 0.29) is 12.1 Å². The minimum absolute atomic E-state index is 0.0561. The summed E-state index contributed by atoms with van der Waals surface area (Å²) in [7, 11) is 0. The lowest BCUT2D eigenvalue weighted by Gasteiger charge is -2.28. The standard InChI is InChI=1S/C10H16N4O/c11-9-5-6-12-10(14-9)13-7-3-1-2-4-8(7)15/h5-8,15H,1-4H2,(H3,11,12,13,14). The highest BCUT2D eigenvalue weighted by Gasteiger charge is 2.23. The van der Waals surface area contributed by atoms with Crippen molar-refractivity contribution in [3.63, 3.8) is 0 Å². The fourth-order valence-electron chi connectivity index (χ4n) is 1.89. The summed E-state index contributed by atoms with van der Waals surface area (Å²) >= 11 is 0. The minimum Gasteiger partial charge on any atom is -0.391 e. The first kappa shape index (κ1) is 10.2. The quantitative estimate of drug-likeness (QED) is 0.668. The van der Waals surface area contributed by atoms with E-state index in [0.29, 0.717) is 11.8 Å². The van der Waals surface area contributed by atoms with Gasteiger partial charge in [0.1, 0.15) is 5.82 Å². The molecule has 0 saturated heterocycles. The van der Waals surface area contributed by atoms with E-state index in [0.717, 1.165) is 25.7 Å². The first-order valence-electron chi connectivity index (χ1n) is 5.29. The molecule has 1 aromatic heterocycles. The number of anilines is 2. The van der Waals surface area contributed by atoms with Crippen molar-refractivity contribution in [1.29, 1.82) is 0 Å².